The largest absolute Gasteiger partial charge is 0.362 e. The average molecular weight is 341 g/mol. The second-order valence-electron chi connectivity index (χ2n) is 5.82. The summed E-state index contributed by atoms with van der Waals surface area (Å²) in [5.74, 6) is 0. The molecular formula is C18H29ClN2S. The summed E-state index contributed by atoms with van der Waals surface area (Å²) in [6.07, 6.45) is 10.6. The highest BCUT2D eigenvalue weighted by molar-refractivity contribution is 7.80. The van der Waals surface area contributed by atoms with E-state index >= 15 is 0 Å². The molecule has 2 nitrogen and oxygen atoms in total. The number of unbranched alkanes of at least 4 members (excludes halogenated alkanes) is 7. The highest BCUT2D eigenvalue weighted by Gasteiger charge is 2.02. The Balaban J connectivity index is 2.07. The number of thiocarbonyl (C=S) groups is 1. The number of halogens is 1. The van der Waals surface area contributed by atoms with Crippen LogP contribution in [-0.4, -0.2) is 11.7 Å². The van der Waals surface area contributed by atoms with Crippen LogP contribution in [0.2, 0.25) is 5.02 Å². The Hall–Kier alpha value is -0.800. The molecule has 0 aliphatic rings. The molecule has 1 rings (SSSR count). The third-order valence-corrected chi connectivity index (χ3v) is 4.25. The van der Waals surface area contributed by atoms with Crippen molar-refractivity contribution in [2.75, 3.05) is 11.9 Å². The molecule has 22 heavy (non-hydrogen) atoms. The molecule has 0 atom stereocenters. The first-order valence-corrected chi connectivity index (χ1v) is 9.23. The van der Waals surface area contributed by atoms with E-state index in [1.807, 2.05) is 25.1 Å². The summed E-state index contributed by atoms with van der Waals surface area (Å²) >= 11 is 11.3. The first-order chi connectivity index (χ1) is 10.6. The molecule has 0 aliphatic heterocycles. The van der Waals surface area contributed by atoms with Crippen LogP contribution >= 0.6 is 23.8 Å². The molecule has 0 bridgehead atoms. The van der Waals surface area contributed by atoms with Gasteiger partial charge in [-0.15, -0.1) is 0 Å². The standard InChI is InChI=1S/C18H29ClN2S/c1-3-4-5-6-7-8-9-10-13-20-18(22)21-17-14-16(19)12-11-15(17)2/h11-12,14H,3-10,13H2,1-2H3,(H2,20,21,22). The molecule has 1 aromatic carbocycles. The monoisotopic (exact) mass is 340 g/mol. The summed E-state index contributed by atoms with van der Waals surface area (Å²) in [5, 5.41) is 7.87. The van der Waals surface area contributed by atoms with Gasteiger partial charge in [-0.2, -0.15) is 0 Å². The zero-order valence-corrected chi connectivity index (χ0v) is 15.5. The molecule has 0 amide bonds. The summed E-state index contributed by atoms with van der Waals surface area (Å²) < 4.78 is 0. The van der Waals surface area contributed by atoms with Gasteiger partial charge in [0.25, 0.3) is 0 Å². The maximum absolute atomic E-state index is 6.00. The van der Waals surface area contributed by atoms with Gasteiger partial charge in [0.05, 0.1) is 0 Å². The minimum Gasteiger partial charge on any atom is -0.362 e. The Kier molecular flexibility index (Phi) is 10.3. The van der Waals surface area contributed by atoms with Crippen LogP contribution < -0.4 is 10.6 Å². The lowest BCUT2D eigenvalue weighted by Gasteiger charge is -2.12. The van der Waals surface area contributed by atoms with Crippen molar-refractivity contribution < 1.29 is 0 Å². The quantitative estimate of drug-likeness (QED) is 0.399. The molecule has 0 saturated heterocycles. The third-order valence-electron chi connectivity index (χ3n) is 3.76. The van der Waals surface area contributed by atoms with Crippen LogP contribution in [0.3, 0.4) is 0 Å². The predicted molar refractivity (Wildman–Crippen MR) is 103 cm³/mol. The van der Waals surface area contributed by atoms with E-state index < -0.39 is 0 Å². The molecule has 1 aromatic rings. The smallest absolute Gasteiger partial charge is 0.170 e. The van der Waals surface area contributed by atoms with Crippen LogP contribution in [0.5, 0.6) is 0 Å². The van der Waals surface area contributed by atoms with Crippen LogP contribution in [-0.2, 0) is 0 Å². The first kappa shape index (κ1) is 19.2. The van der Waals surface area contributed by atoms with Crippen LogP contribution in [0, 0.1) is 6.92 Å². The van der Waals surface area contributed by atoms with E-state index in [4.69, 9.17) is 23.8 Å². The normalized spacial score (nSPS) is 10.5. The van der Waals surface area contributed by atoms with Gasteiger partial charge in [0.2, 0.25) is 0 Å². The molecule has 0 aliphatic carbocycles. The van der Waals surface area contributed by atoms with Crippen molar-refractivity contribution in [2.45, 2.75) is 65.2 Å². The zero-order chi connectivity index (χ0) is 16.2. The summed E-state index contributed by atoms with van der Waals surface area (Å²) in [7, 11) is 0. The van der Waals surface area contributed by atoms with Crippen molar-refractivity contribution in [1.29, 1.82) is 0 Å². The van der Waals surface area contributed by atoms with Gasteiger partial charge in [0.1, 0.15) is 0 Å². The van der Waals surface area contributed by atoms with E-state index in [1.165, 1.54) is 51.4 Å². The molecule has 0 saturated carbocycles. The Morgan fingerprint density at radius 1 is 1.05 bits per heavy atom. The van der Waals surface area contributed by atoms with Crippen molar-refractivity contribution in [3.05, 3.63) is 28.8 Å². The molecule has 0 spiro atoms. The molecule has 0 unspecified atom stereocenters. The fraction of sp³-hybridized carbons (Fsp3) is 0.611. The predicted octanol–water partition coefficient (Wildman–Crippen LogP) is 6.08. The van der Waals surface area contributed by atoms with Crippen molar-refractivity contribution >= 4 is 34.6 Å². The van der Waals surface area contributed by atoms with E-state index in [9.17, 15) is 0 Å². The molecule has 0 heterocycles. The highest BCUT2D eigenvalue weighted by atomic mass is 35.5. The first-order valence-electron chi connectivity index (χ1n) is 8.44. The number of hydrogen-bond donors (Lipinski definition) is 2. The lowest BCUT2D eigenvalue weighted by Crippen LogP contribution is -2.29. The summed E-state index contributed by atoms with van der Waals surface area (Å²) in [6, 6.07) is 5.78. The maximum atomic E-state index is 6.00. The van der Waals surface area contributed by atoms with E-state index in [0.717, 1.165) is 22.8 Å². The average Bonchev–Trinajstić information content (AvgIpc) is 2.49. The minimum atomic E-state index is 0.674. The molecule has 124 valence electrons. The van der Waals surface area contributed by atoms with E-state index in [2.05, 4.69) is 17.6 Å². The van der Waals surface area contributed by atoms with Crippen LogP contribution in [0.25, 0.3) is 0 Å². The second-order valence-corrected chi connectivity index (χ2v) is 6.66. The fourth-order valence-corrected chi connectivity index (χ4v) is 2.74. The molecule has 0 fully saturated rings. The van der Waals surface area contributed by atoms with Crippen molar-refractivity contribution in [3.63, 3.8) is 0 Å². The number of anilines is 1. The Morgan fingerprint density at radius 2 is 1.68 bits per heavy atom. The Labute approximate surface area is 146 Å². The van der Waals surface area contributed by atoms with Gasteiger partial charge in [-0.05, 0) is 43.3 Å². The van der Waals surface area contributed by atoms with Gasteiger partial charge in [0, 0.05) is 17.3 Å². The molecule has 0 radical (unpaired) electrons. The minimum absolute atomic E-state index is 0.674. The van der Waals surface area contributed by atoms with E-state index in [1.54, 1.807) is 0 Å². The number of nitrogens with one attached hydrogen (secondary N) is 2. The highest BCUT2D eigenvalue weighted by Crippen LogP contribution is 2.19. The van der Waals surface area contributed by atoms with Crippen molar-refractivity contribution in [1.82, 2.24) is 5.32 Å². The van der Waals surface area contributed by atoms with Gasteiger partial charge in [-0.3, -0.25) is 0 Å². The topological polar surface area (TPSA) is 24.1 Å². The third kappa shape index (κ3) is 8.60. The molecular weight excluding hydrogens is 312 g/mol. The van der Waals surface area contributed by atoms with Gasteiger partial charge in [-0.25, -0.2) is 0 Å². The number of hydrogen-bond acceptors (Lipinski definition) is 1. The Morgan fingerprint density at radius 3 is 2.36 bits per heavy atom. The van der Waals surface area contributed by atoms with Crippen molar-refractivity contribution in [2.24, 2.45) is 0 Å². The number of benzene rings is 1. The van der Waals surface area contributed by atoms with Crippen LogP contribution in [0.15, 0.2) is 18.2 Å². The van der Waals surface area contributed by atoms with Crippen molar-refractivity contribution in [3.8, 4) is 0 Å². The SMILES string of the molecule is CCCCCCCCCCNC(=S)Nc1cc(Cl)ccc1C. The lowest BCUT2D eigenvalue weighted by atomic mass is 10.1. The molecule has 2 N–H and O–H groups in total. The summed E-state index contributed by atoms with van der Waals surface area (Å²) in [4.78, 5) is 0. The second kappa shape index (κ2) is 11.7. The number of rotatable bonds is 10. The van der Waals surface area contributed by atoms with Gasteiger partial charge >= 0.3 is 0 Å². The van der Waals surface area contributed by atoms with Gasteiger partial charge in [0.15, 0.2) is 5.11 Å². The van der Waals surface area contributed by atoms with Crippen LogP contribution in [0.1, 0.15) is 63.9 Å². The zero-order valence-electron chi connectivity index (χ0n) is 13.9. The fourth-order valence-electron chi connectivity index (χ4n) is 2.36. The van der Waals surface area contributed by atoms with E-state index in [0.29, 0.717) is 5.11 Å². The van der Waals surface area contributed by atoms with Gasteiger partial charge < -0.3 is 10.6 Å². The maximum Gasteiger partial charge on any atom is 0.170 e. The number of aryl methyl sites for hydroxylation is 1. The summed E-state index contributed by atoms with van der Waals surface area (Å²) in [6.45, 7) is 5.23. The van der Waals surface area contributed by atoms with Gasteiger partial charge in [-0.1, -0.05) is 69.5 Å². The molecule has 0 aromatic heterocycles. The molecule has 4 heteroatoms. The summed E-state index contributed by atoms with van der Waals surface area (Å²) in [5.41, 5.74) is 2.11. The van der Waals surface area contributed by atoms with Crippen LogP contribution in [0.4, 0.5) is 5.69 Å². The Bertz CT molecular complexity index is 449. The lowest BCUT2D eigenvalue weighted by molar-refractivity contribution is 0.573. The van der Waals surface area contributed by atoms with E-state index in [-0.39, 0.29) is 0 Å².